The SMILES string of the molecule is CCOC(=O)OC(C)(C)CC(C)(C)/C=C\C(C)(C)CC(C)(C)C. The Labute approximate surface area is 143 Å². The molecule has 0 aromatic rings. The molecule has 0 bridgehead atoms. The Morgan fingerprint density at radius 2 is 1.26 bits per heavy atom. The quantitative estimate of drug-likeness (QED) is 0.402. The standard InChI is InChI=1S/C20H38O3/c1-11-22-16(21)23-20(9,10)15-19(7,8)13-12-18(5,6)14-17(2,3)4/h12-13H,11,14-15H2,1-10H3/b13-12-. The summed E-state index contributed by atoms with van der Waals surface area (Å²) in [5.41, 5.74) is -0.189. The molecule has 0 rings (SSSR count). The summed E-state index contributed by atoms with van der Waals surface area (Å²) in [6, 6.07) is 0. The molecule has 0 aliphatic heterocycles. The van der Waals surface area contributed by atoms with Crippen LogP contribution in [-0.4, -0.2) is 18.4 Å². The Morgan fingerprint density at radius 1 is 0.826 bits per heavy atom. The molecule has 0 aromatic heterocycles. The van der Waals surface area contributed by atoms with Crippen LogP contribution >= 0.6 is 0 Å². The summed E-state index contributed by atoms with van der Waals surface area (Å²) < 4.78 is 10.3. The molecule has 23 heavy (non-hydrogen) atoms. The van der Waals surface area contributed by atoms with Crippen molar-refractivity contribution in [3.05, 3.63) is 12.2 Å². The lowest BCUT2D eigenvalue weighted by atomic mass is 9.74. The Balaban J connectivity index is 4.86. The maximum atomic E-state index is 11.6. The van der Waals surface area contributed by atoms with Crippen molar-refractivity contribution in [1.29, 1.82) is 0 Å². The van der Waals surface area contributed by atoms with Crippen LogP contribution < -0.4 is 0 Å². The molecule has 0 aromatic carbocycles. The minimum absolute atomic E-state index is 0.0643. The van der Waals surface area contributed by atoms with Gasteiger partial charge >= 0.3 is 6.16 Å². The zero-order valence-corrected chi connectivity index (χ0v) is 17.0. The Bertz CT molecular complexity index is 409. The van der Waals surface area contributed by atoms with Crippen molar-refractivity contribution in [1.82, 2.24) is 0 Å². The molecule has 0 heterocycles. The van der Waals surface area contributed by atoms with Gasteiger partial charge in [-0.3, -0.25) is 0 Å². The largest absolute Gasteiger partial charge is 0.508 e. The van der Waals surface area contributed by atoms with Gasteiger partial charge in [-0.25, -0.2) is 4.79 Å². The third-order valence-electron chi connectivity index (χ3n) is 3.47. The molecule has 3 heteroatoms. The Kier molecular flexibility index (Phi) is 7.39. The normalized spacial score (nSPS) is 14.2. The van der Waals surface area contributed by atoms with E-state index in [1.165, 1.54) is 0 Å². The minimum atomic E-state index is -0.592. The van der Waals surface area contributed by atoms with Gasteiger partial charge in [0.05, 0.1) is 6.61 Å². The van der Waals surface area contributed by atoms with E-state index in [9.17, 15) is 4.79 Å². The smallest absolute Gasteiger partial charge is 0.435 e. The molecule has 0 aliphatic carbocycles. The van der Waals surface area contributed by atoms with E-state index in [2.05, 4.69) is 60.6 Å². The molecule has 0 fully saturated rings. The van der Waals surface area contributed by atoms with Gasteiger partial charge in [0.25, 0.3) is 0 Å². The second-order valence-corrected chi connectivity index (χ2v) is 9.77. The fourth-order valence-corrected chi connectivity index (χ4v) is 3.44. The predicted molar refractivity (Wildman–Crippen MR) is 97.6 cm³/mol. The number of hydrogen-bond acceptors (Lipinski definition) is 3. The number of rotatable bonds is 7. The maximum absolute atomic E-state index is 11.6. The van der Waals surface area contributed by atoms with Crippen molar-refractivity contribution in [2.24, 2.45) is 16.2 Å². The van der Waals surface area contributed by atoms with Crippen LogP contribution in [0, 0.1) is 16.2 Å². The van der Waals surface area contributed by atoms with Crippen molar-refractivity contribution in [3.8, 4) is 0 Å². The lowest BCUT2D eigenvalue weighted by Crippen LogP contribution is -2.33. The highest BCUT2D eigenvalue weighted by Gasteiger charge is 2.32. The van der Waals surface area contributed by atoms with Crippen LogP contribution in [0.5, 0.6) is 0 Å². The Hall–Kier alpha value is -0.990. The molecule has 3 nitrogen and oxygen atoms in total. The van der Waals surface area contributed by atoms with Crippen LogP contribution in [0.3, 0.4) is 0 Å². The van der Waals surface area contributed by atoms with E-state index in [0.29, 0.717) is 12.0 Å². The molecule has 0 spiro atoms. The van der Waals surface area contributed by atoms with Gasteiger partial charge in [0.2, 0.25) is 0 Å². The van der Waals surface area contributed by atoms with Crippen molar-refractivity contribution >= 4 is 6.16 Å². The molecule has 0 saturated carbocycles. The number of carbonyl (C=O) groups is 1. The van der Waals surface area contributed by atoms with E-state index >= 15 is 0 Å². The molecule has 0 amide bonds. The number of carbonyl (C=O) groups excluding carboxylic acids is 1. The first kappa shape index (κ1) is 22.0. The van der Waals surface area contributed by atoms with Crippen molar-refractivity contribution < 1.29 is 14.3 Å². The fraction of sp³-hybridized carbons (Fsp3) is 0.850. The first-order valence-electron chi connectivity index (χ1n) is 8.64. The highest BCUT2D eigenvalue weighted by atomic mass is 16.7. The summed E-state index contributed by atoms with van der Waals surface area (Å²) in [5, 5.41) is 0. The molecule has 0 radical (unpaired) electrons. The van der Waals surface area contributed by atoms with Crippen LogP contribution in [0.2, 0.25) is 0 Å². The summed E-state index contributed by atoms with van der Waals surface area (Å²) in [4.78, 5) is 11.6. The van der Waals surface area contributed by atoms with E-state index in [-0.39, 0.29) is 10.8 Å². The zero-order chi connectivity index (χ0) is 18.5. The fourth-order valence-electron chi connectivity index (χ4n) is 3.44. The van der Waals surface area contributed by atoms with Crippen LogP contribution in [0.25, 0.3) is 0 Å². The van der Waals surface area contributed by atoms with Gasteiger partial charge in [0.15, 0.2) is 0 Å². The molecule has 136 valence electrons. The third kappa shape index (κ3) is 11.2. The third-order valence-corrected chi connectivity index (χ3v) is 3.47. The van der Waals surface area contributed by atoms with E-state index in [1.54, 1.807) is 6.92 Å². The van der Waals surface area contributed by atoms with Crippen LogP contribution in [0.4, 0.5) is 4.79 Å². The Morgan fingerprint density at radius 3 is 1.65 bits per heavy atom. The molecular weight excluding hydrogens is 288 g/mol. The van der Waals surface area contributed by atoms with Crippen molar-refractivity contribution in [2.75, 3.05) is 6.61 Å². The number of allylic oxidation sites excluding steroid dienone is 2. The van der Waals surface area contributed by atoms with E-state index in [1.807, 2.05) is 13.8 Å². The second-order valence-electron chi connectivity index (χ2n) is 9.77. The highest BCUT2D eigenvalue weighted by Crippen LogP contribution is 2.37. The average molecular weight is 327 g/mol. The van der Waals surface area contributed by atoms with Crippen LogP contribution in [-0.2, 0) is 9.47 Å². The summed E-state index contributed by atoms with van der Waals surface area (Å²) in [6.45, 7) is 21.7. The first-order valence-corrected chi connectivity index (χ1v) is 8.64. The van der Waals surface area contributed by atoms with Gasteiger partial charge in [-0.1, -0.05) is 60.6 Å². The van der Waals surface area contributed by atoms with E-state index in [0.717, 1.165) is 12.8 Å². The van der Waals surface area contributed by atoms with Crippen molar-refractivity contribution in [3.63, 3.8) is 0 Å². The lowest BCUT2D eigenvalue weighted by Gasteiger charge is -2.34. The topological polar surface area (TPSA) is 35.5 Å². The predicted octanol–water partition coefficient (Wildman–Crippen LogP) is 6.37. The molecule has 0 aliphatic rings. The van der Waals surface area contributed by atoms with E-state index < -0.39 is 11.8 Å². The second kappa shape index (κ2) is 7.72. The first-order chi connectivity index (χ1) is 10.1. The maximum Gasteiger partial charge on any atom is 0.508 e. The summed E-state index contributed by atoms with van der Waals surface area (Å²) in [7, 11) is 0. The molecule has 0 N–H and O–H groups in total. The van der Waals surface area contributed by atoms with Gasteiger partial charge in [-0.2, -0.15) is 0 Å². The summed E-state index contributed by atoms with van der Waals surface area (Å²) in [5.74, 6) is 0. The number of ether oxygens (including phenoxy) is 2. The van der Waals surface area contributed by atoms with Gasteiger partial charge in [0, 0.05) is 0 Å². The zero-order valence-electron chi connectivity index (χ0n) is 17.0. The highest BCUT2D eigenvalue weighted by molar-refractivity contribution is 5.60. The van der Waals surface area contributed by atoms with Crippen LogP contribution in [0.1, 0.15) is 82.1 Å². The van der Waals surface area contributed by atoms with Crippen molar-refractivity contribution in [2.45, 2.75) is 87.7 Å². The minimum Gasteiger partial charge on any atom is -0.435 e. The van der Waals surface area contributed by atoms with Gasteiger partial charge < -0.3 is 9.47 Å². The number of hydrogen-bond donors (Lipinski definition) is 0. The van der Waals surface area contributed by atoms with Gasteiger partial charge in [-0.15, -0.1) is 0 Å². The summed E-state index contributed by atoms with van der Waals surface area (Å²) in [6.07, 6.45) is 5.83. The van der Waals surface area contributed by atoms with Gasteiger partial charge in [-0.05, 0) is 49.9 Å². The monoisotopic (exact) mass is 326 g/mol. The van der Waals surface area contributed by atoms with Crippen LogP contribution in [0.15, 0.2) is 12.2 Å². The molecule has 0 saturated heterocycles. The summed E-state index contributed by atoms with van der Waals surface area (Å²) >= 11 is 0. The van der Waals surface area contributed by atoms with E-state index in [4.69, 9.17) is 9.47 Å². The van der Waals surface area contributed by atoms with Gasteiger partial charge in [0.1, 0.15) is 5.60 Å². The average Bonchev–Trinajstić information content (AvgIpc) is 2.21. The molecule has 0 unspecified atom stereocenters. The molecular formula is C20H38O3. The lowest BCUT2D eigenvalue weighted by molar-refractivity contribution is -0.0299. The molecule has 0 atom stereocenters.